The topological polar surface area (TPSA) is 48.0 Å². The summed E-state index contributed by atoms with van der Waals surface area (Å²) in [6.45, 7) is 4.29. The summed E-state index contributed by atoms with van der Waals surface area (Å²) in [5.74, 6) is 2.19. The van der Waals surface area contributed by atoms with Gasteiger partial charge in [-0.3, -0.25) is 9.37 Å². The second kappa shape index (κ2) is 12.0. The number of hydrogen-bond acceptors (Lipinski definition) is 5. The first-order chi connectivity index (χ1) is 8.59. The molecule has 0 aromatic rings. The van der Waals surface area contributed by atoms with Crippen molar-refractivity contribution in [2.24, 2.45) is 5.92 Å². The molecule has 0 aromatic heterocycles. The maximum atomic E-state index is 11.6. The zero-order chi connectivity index (χ0) is 13.8. The fourth-order valence-corrected chi connectivity index (χ4v) is 2.92. The molecule has 18 heavy (non-hydrogen) atoms. The van der Waals surface area contributed by atoms with Gasteiger partial charge in [0.15, 0.2) is 0 Å². The Morgan fingerprint density at radius 1 is 1.44 bits per heavy atom. The first-order valence-corrected chi connectivity index (χ1v) is 8.33. The van der Waals surface area contributed by atoms with E-state index in [4.69, 9.17) is 4.58 Å². The molecule has 106 valence electrons. The van der Waals surface area contributed by atoms with E-state index in [0.29, 0.717) is 16.4 Å². The van der Waals surface area contributed by atoms with Crippen LogP contribution in [0.4, 0.5) is 0 Å². The zero-order valence-corrected chi connectivity index (χ0v) is 13.4. The van der Waals surface area contributed by atoms with Crippen LogP contribution in [0, 0.1) is 5.92 Å². The minimum atomic E-state index is 0.0880. The van der Waals surface area contributed by atoms with E-state index in [1.807, 2.05) is 13.8 Å². The molecule has 0 spiro atoms. The van der Waals surface area contributed by atoms with Gasteiger partial charge in [0.2, 0.25) is 5.91 Å². The van der Waals surface area contributed by atoms with Gasteiger partial charge in [-0.15, -0.1) is 0 Å². The van der Waals surface area contributed by atoms with Gasteiger partial charge in [-0.05, 0) is 25.1 Å². The maximum Gasteiger partial charge on any atom is 0.287 e. The third-order valence-corrected chi connectivity index (χ3v) is 4.11. The molecule has 1 atom stereocenters. The summed E-state index contributed by atoms with van der Waals surface area (Å²) < 4.78 is 4.81. The Labute approximate surface area is 116 Å². The predicted octanol–water partition coefficient (Wildman–Crippen LogP) is 1.77. The Morgan fingerprint density at radius 3 is 2.78 bits per heavy atom. The highest BCUT2D eigenvalue weighted by Crippen LogP contribution is 2.12. The second-order valence-corrected chi connectivity index (χ2v) is 6.12. The molecule has 0 aliphatic heterocycles. The molecule has 0 N–H and O–H groups in total. The molecule has 0 rings (SSSR count). The number of carbonyl (C=O) groups excluding carboxylic acids is 1. The summed E-state index contributed by atoms with van der Waals surface area (Å²) in [5, 5.41) is 4.44. The second-order valence-electron chi connectivity index (χ2n) is 4.01. The van der Waals surface area contributed by atoms with Crippen LogP contribution in [0.2, 0.25) is 6.04 Å². The Bertz CT molecular complexity index is 219. The molecule has 0 fully saturated rings. The van der Waals surface area contributed by atoms with Crippen molar-refractivity contribution < 1.29 is 19.3 Å². The fraction of sp³-hybridized carbons (Fsp3) is 0.909. The lowest BCUT2D eigenvalue weighted by Crippen LogP contribution is -2.29. The van der Waals surface area contributed by atoms with Crippen molar-refractivity contribution in [2.45, 2.75) is 26.3 Å². The highest BCUT2D eigenvalue weighted by atomic mass is 32.2. The average Bonchev–Trinajstić information content (AvgIpc) is 2.35. The maximum absolute atomic E-state index is 11.6. The third kappa shape index (κ3) is 9.90. The average molecular weight is 293 g/mol. The van der Waals surface area contributed by atoms with Crippen LogP contribution in [-0.2, 0) is 19.3 Å². The number of nitrogens with zero attached hydrogens (tertiary/aromatic N) is 1. The first-order valence-electron chi connectivity index (χ1n) is 6.06. The lowest BCUT2D eigenvalue weighted by atomic mass is 10.2. The van der Waals surface area contributed by atoms with Gasteiger partial charge in [0, 0.05) is 25.8 Å². The summed E-state index contributed by atoms with van der Waals surface area (Å²) in [5.41, 5.74) is 0. The SMILES string of the molecule is CCOOO[Si]CCCSCC(C)C(=O)N(C)C. The molecule has 0 saturated carbocycles. The highest BCUT2D eigenvalue weighted by molar-refractivity contribution is 7.99. The van der Waals surface area contributed by atoms with Crippen LogP contribution < -0.4 is 0 Å². The van der Waals surface area contributed by atoms with Crippen LogP contribution in [-0.4, -0.2) is 52.8 Å². The molecule has 0 bridgehead atoms. The molecular weight excluding hydrogens is 270 g/mol. The smallest absolute Gasteiger partial charge is 0.287 e. The van der Waals surface area contributed by atoms with Crippen molar-refractivity contribution in [3.8, 4) is 0 Å². The summed E-state index contributed by atoms with van der Waals surface area (Å²) in [4.78, 5) is 17.8. The third-order valence-electron chi connectivity index (χ3n) is 2.06. The number of amides is 1. The van der Waals surface area contributed by atoms with Crippen molar-refractivity contribution in [3.05, 3.63) is 0 Å². The molecule has 1 amide bonds. The summed E-state index contributed by atoms with van der Waals surface area (Å²) in [7, 11) is 3.89. The standard InChI is InChI=1S/C11H23NO4SSi/c1-5-14-15-16-18-8-6-7-17-9-10(2)11(13)12(3)4/h10H,5-9H2,1-4H3. The molecule has 1 unspecified atom stereocenters. The number of carbonyl (C=O) groups is 1. The molecular formula is C11H23NO4SSi. The van der Waals surface area contributed by atoms with Gasteiger partial charge in [0.05, 0.1) is 6.61 Å². The molecule has 5 nitrogen and oxygen atoms in total. The van der Waals surface area contributed by atoms with Gasteiger partial charge in [0.1, 0.15) is 0 Å². The van der Waals surface area contributed by atoms with Crippen molar-refractivity contribution in [1.29, 1.82) is 0 Å². The van der Waals surface area contributed by atoms with E-state index >= 15 is 0 Å². The normalized spacial score (nSPS) is 12.4. The monoisotopic (exact) mass is 293 g/mol. The van der Waals surface area contributed by atoms with Crippen LogP contribution in [0.25, 0.3) is 0 Å². The number of thioether (sulfide) groups is 1. The first kappa shape index (κ1) is 17.9. The fourth-order valence-electron chi connectivity index (χ4n) is 1.16. The predicted molar refractivity (Wildman–Crippen MR) is 74.2 cm³/mol. The summed E-state index contributed by atoms with van der Waals surface area (Å²) >= 11 is 1.80. The van der Waals surface area contributed by atoms with Gasteiger partial charge in [-0.1, -0.05) is 12.0 Å². The van der Waals surface area contributed by atoms with E-state index in [9.17, 15) is 4.79 Å². The van der Waals surface area contributed by atoms with Crippen molar-refractivity contribution in [1.82, 2.24) is 4.90 Å². The Kier molecular flexibility index (Phi) is 11.9. The summed E-state index contributed by atoms with van der Waals surface area (Å²) in [6, 6.07) is 0.954. The van der Waals surface area contributed by atoms with Gasteiger partial charge < -0.3 is 4.90 Å². The lowest BCUT2D eigenvalue weighted by Gasteiger charge is -2.16. The van der Waals surface area contributed by atoms with Crippen molar-refractivity contribution in [3.63, 3.8) is 0 Å². The molecule has 0 aliphatic carbocycles. The van der Waals surface area contributed by atoms with Gasteiger partial charge >= 0.3 is 0 Å². The number of hydrogen-bond donors (Lipinski definition) is 0. The van der Waals surface area contributed by atoms with Gasteiger partial charge in [0.25, 0.3) is 9.76 Å². The van der Waals surface area contributed by atoms with E-state index in [1.54, 1.807) is 30.8 Å². The molecule has 7 heteroatoms. The Hall–Kier alpha value is -0.0831. The van der Waals surface area contributed by atoms with Gasteiger partial charge in [-0.2, -0.15) is 11.8 Å². The Morgan fingerprint density at radius 2 is 2.17 bits per heavy atom. The van der Waals surface area contributed by atoms with Gasteiger partial charge in [-0.25, -0.2) is 4.89 Å². The minimum absolute atomic E-state index is 0.0880. The van der Waals surface area contributed by atoms with Crippen LogP contribution in [0.5, 0.6) is 0 Å². The van der Waals surface area contributed by atoms with E-state index in [0.717, 1.165) is 24.0 Å². The van der Waals surface area contributed by atoms with E-state index in [2.05, 4.69) is 9.93 Å². The Balaban J connectivity index is 3.27. The zero-order valence-electron chi connectivity index (χ0n) is 11.6. The highest BCUT2D eigenvalue weighted by Gasteiger charge is 2.14. The van der Waals surface area contributed by atoms with E-state index in [1.165, 1.54) is 0 Å². The largest absolute Gasteiger partial charge is 0.349 e. The van der Waals surface area contributed by atoms with Crippen LogP contribution in [0.15, 0.2) is 0 Å². The van der Waals surface area contributed by atoms with Crippen molar-refractivity contribution >= 4 is 27.4 Å². The van der Waals surface area contributed by atoms with E-state index < -0.39 is 0 Å². The lowest BCUT2D eigenvalue weighted by molar-refractivity contribution is -0.467. The quantitative estimate of drug-likeness (QED) is 0.251. The minimum Gasteiger partial charge on any atom is -0.349 e. The molecule has 2 radical (unpaired) electrons. The van der Waals surface area contributed by atoms with Crippen LogP contribution in [0.1, 0.15) is 20.3 Å². The molecule has 0 heterocycles. The van der Waals surface area contributed by atoms with Crippen molar-refractivity contribution in [2.75, 3.05) is 32.2 Å². The van der Waals surface area contributed by atoms with Crippen LogP contribution in [0.3, 0.4) is 0 Å². The molecule has 0 aliphatic rings. The van der Waals surface area contributed by atoms with Crippen LogP contribution >= 0.6 is 11.8 Å². The summed E-state index contributed by atoms with van der Waals surface area (Å²) in [6.07, 6.45) is 1.06. The van der Waals surface area contributed by atoms with E-state index in [-0.39, 0.29) is 11.8 Å². The molecule has 0 saturated heterocycles. The molecule has 0 aromatic carbocycles. The number of rotatable bonds is 11.